The van der Waals surface area contributed by atoms with E-state index in [2.05, 4.69) is 16.0 Å². The van der Waals surface area contributed by atoms with Crippen LogP contribution < -0.4 is 10.9 Å². The predicted octanol–water partition coefficient (Wildman–Crippen LogP) is 0.515. The summed E-state index contributed by atoms with van der Waals surface area (Å²) in [6.07, 6.45) is 0. The number of rotatable bonds is 3. The van der Waals surface area contributed by atoms with Gasteiger partial charge in [-0.3, -0.25) is 10.9 Å². The quantitative estimate of drug-likeness (QED) is 0.625. The smallest absolute Gasteiger partial charge is 0.138 e. The molecule has 4 heteroatoms. The molecule has 2 N–H and O–H groups in total. The SMILES string of the molecule is CNNCc1c(C)noc1C. The molecule has 0 amide bonds. The summed E-state index contributed by atoms with van der Waals surface area (Å²) in [6.45, 7) is 4.59. The first-order chi connectivity index (χ1) is 5.25. The van der Waals surface area contributed by atoms with Crippen molar-refractivity contribution in [1.82, 2.24) is 16.0 Å². The zero-order chi connectivity index (χ0) is 8.27. The average Bonchev–Trinajstić information content (AvgIpc) is 2.29. The number of hydrogen-bond acceptors (Lipinski definition) is 4. The normalized spacial score (nSPS) is 10.5. The van der Waals surface area contributed by atoms with Crippen LogP contribution in [-0.4, -0.2) is 12.2 Å². The molecule has 1 aromatic heterocycles. The van der Waals surface area contributed by atoms with Gasteiger partial charge in [0.15, 0.2) is 0 Å². The van der Waals surface area contributed by atoms with Crippen molar-refractivity contribution in [2.24, 2.45) is 0 Å². The minimum absolute atomic E-state index is 0.748. The Labute approximate surface area is 65.9 Å². The second kappa shape index (κ2) is 3.50. The van der Waals surface area contributed by atoms with Crippen LogP contribution in [0.15, 0.2) is 4.52 Å². The lowest BCUT2D eigenvalue weighted by Crippen LogP contribution is -2.27. The van der Waals surface area contributed by atoms with Crippen LogP contribution in [0, 0.1) is 13.8 Å². The van der Waals surface area contributed by atoms with Crippen molar-refractivity contribution in [2.75, 3.05) is 7.05 Å². The fourth-order valence-corrected chi connectivity index (χ4v) is 0.931. The number of aryl methyl sites for hydroxylation is 2. The third-order valence-electron chi connectivity index (χ3n) is 1.62. The van der Waals surface area contributed by atoms with E-state index in [-0.39, 0.29) is 0 Å². The molecular weight excluding hydrogens is 142 g/mol. The van der Waals surface area contributed by atoms with Gasteiger partial charge in [0, 0.05) is 12.1 Å². The zero-order valence-corrected chi connectivity index (χ0v) is 7.06. The first-order valence-corrected chi connectivity index (χ1v) is 3.57. The van der Waals surface area contributed by atoms with E-state index < -0.39 is 0 Å². The average molecular weight is 155 g/mol. The molecule has 1 heterocycles. The van der Waals surface area contributed by atoms with Crippen LogP contribution in [0.25, 0.3) is 0 Å². The van der Waals surface area contributed by atoms with Gasteiger partial charge >= 0.3 is 0 Å². The molecule has 0 fully saturated rings. The van der Waals surface area contributed by atoms with Crippen molar-refractivity contribution in [3.05, 3.63) is 17.0 Å². The van der Waals surface area contributed by atoms with E-state index in [1.165, 1.54) is 0 Å². The molecule has 11 heavy (non-hydrogen) atoms. The van der Waals surface area contributed by atoms with Gasteiger partial charge < -0.3 is 4.52 Å². The topological polar surface area (TPSA) is 50.1 Å². The van der Waals surface area contributed by atoms with Crippen LogP contribution in [0.4, 0.5) is 0 Å². The zero-order valence-electron chi connectivity index (χ0n) is 7.06. The van der Waals surface area contributed by atoms with Gasteiger partial charge in [0.2, 0.25) is 0 Å². The van der Waals surface area contributed by atoms with Gasteiger partial charge in [-0.1, -0.05) is 5.16 Å². The van der Waals surface area contributed by atoms with E-state index in [0.29, 0.717) is 0 Å². The number of nitrogens with one attached hydrogen (secondary N) is 2. The molecule has 0 saturated heterocycles. The van der Waals surface area contributed by atoms with E-state index in [9.17, 15) is 0 Å². The monoisotopic (exact) mass is 155 g/mol. The van der Waals surface area contributed by atoms with Gasteiger partial charge in [-0.05, 0) is 20.9 Å². The van der Waals surface area contributed by atoms with Crippen LogP contribution in [0.5, 0.6) is 0 Å². The van der Waals surface area contributed by atoms with Crippen LogP contribution in [0.1, 0.15) is 17.0 Å². The molecule has 0 unspecified atom stereocenters. The molecule has 62 valence electrons. The molecule has 0 spiro atoms. The second-order valence-electron chi connectivity index (χ2n) is 2.41. The van der Waals surface area contributed by atoms with Crippen LogP contribution in [-0.2, 0) is 6.54 Å². The maximum Gasteiger partial charge on any atom is 0.138 e. The molecule has 1 aromatic rings. The van der Waals surface area contributed by atoms with E-state index in [4.69, 9.17) is 4.52 Å². The molecule has 4 nitrogen and oxygen atoms in total. The lowest BCUT2D eigenvalue weighted by molar-refractivity contribution is 0.391. The minimum Gasteiger partial charge on any atom is -0.361 e. The van der Waals surface area contributed by atoms with Crippen LogP contribution >= 0.6 is 0 Å². The third kappa shape index (κ3) is 1.78. The van der Waals surface area contributed by atoms with Gasteiger partial charge in [-0.2, -0.15) is 0 Å². The highest BCUT2D eigenvalue weighted by molar-refractivity contribution is 5.20. The second-order valence-corrected chi connectivity index (χ2v) is 2.41. The minimum atomic E-state index is 0.748. The molecule has 0 aliphatic carbocycles. The number of aromatic nitrogens is 1. The Morgan fingerprint density at radius 3 is 2.64 bits per heavy atom. The van der Waals surface area contributed by atoms with E-state index >= 15 is 0 Å². The third-order valence-corrected chi connectivity index (χ3v) is 1.62. The molecule has 0 radical (unpaired) electrons. The van der Waals surface area contributed by atoms with Crippen molar-refractivity contribution in [1.29, 1.82) is 0 Å². The van der Waals surface area contributed by atoms with Gasteiger partial charge in [0.05, 0.1) is 5.69 Å². The summed E-state index contributed by atoms with van der Waals surface area (Å²) in [4.78, 5) is 0. The van der Waals surface area contributed by atoms with Crippen molar-refractivity contribution in [2.45, 2.75) is 20.4 Å². The lowest BCUT2D eigenvalue weighted by Gasteiger charge is -2.00. The first-order valence-electron chi connectivity index (χ1n) is 3.57. The Morgan fingerprint density at radius 1 is 1.45 bits per heavy atom. The molecule has 0 saturated carbocycles. The number of hydrazine groups is 1. The Hall–Kier alpha value is -0.870. The Kier molecular flexibility index (Phi) is 2.62. The van der Waals surface area contributed by atoms with Crippen molar-refractivity contribution in [3.8, 4) is 0 Å². The predicted molar refractivity (Wildman–Crippen MR) is 41.9 cm³/mol. The first kappa shape index (κ1) is 8.23. The van der Waals surface area contributed by atoms with Crippen LogP contribution in [0.2, 0.25) is 0 Å². The largest absolute Gasteiger partial charge is 0.361 e. The van der Waals surface area contributed by atoms with Gasteiger partial charge in [-0.25, -0.2) is 0 Å². The fourth-order valence-electron chi connectivity index (χ4n) is 0.931. The van der Waals surface area contributed by atoms with Crippen LogP contribution in [0.3, 0.4) is 0 Å². The van der Waals surface area contributed by atoms with Gasteiger partial charge in [0.1, 0.15) is 5.76 Å². The molecule has 1 rings (SSSR count). The highest BCUT2D eigenvalue weighted by Gasteiger charge is 2.06. The summed E-state index contributed by atoms with van der Waals surface area (Å²) >= 11 is 0. The molecular formula is C7H13N3O. The number of nitrogens with zero attached hydrogens (tertiary/aromatic N) is 1. The summed E-state index contributed by atoms with van der Waals surface area (Å²) in [5.41, 5.74) is 7.90. The summed E-state index contributed by atoms with van der Waals surface area (Å²) in [7, 11) is 1.83. The van der Waals surface area contributed by atoms with E-state index in [1.807, 2.05) is 20.9 Å². The lowest BCUT2D eigenvalue weighted by atomic mass is 10.2. The van der Waals surface area contributed by atoms with Crippen molar-refractivity contribution < 1.29 is 4.52 Å². The van der Waals surface area contributed by atoms with Gasteiger partial charge in [0.25, 0.3) is 0 Å². The standard InChI is InChI=1S/C7H13N3O/c1-5-7(4-9-8-3)6(2)11-10-5/h8-9H,4H2,1-3H3. The van der Waals surface area contributed by atoms with Crippen molar-refractivity contribution >= 4 is 0 Å². The summed E-state index contributed by atoms with van der Waals surface area (Å²) in [5.74, 6) is 0.880. The maximum atomic E-state index is 4.97. The molecule has 0 aliphatic rings. The fraction of sp³-hybridized carbons (Fsp3) is 0.571. The Balaban J connectivity index is 2.67. The Bertz CT molecular complexity index is 212. The molecule has 0 atom stereocenters. The number of hydrogen-bond donors (Lipinski definition) is 2. The highest BCUT2D eigenvalue weighted by atomic mass is 16.5. The molecule has 0 bridgehead atoms. The summed E-state index contributed by atoms with van der Waals surface area (Å²) in [5, 5.41) is 3.83. The summed E-state index contributed by atoms with van der Waals surface area (Å²) in [6, 6.07) is 0. The molecule has 0 aromatic carbocycles. The maximum absolute atomic E-state index is 4.97. The van der Waals surface area contributed by atoms with Crippen molar-refractivity contribution in [3.63, 3.8) is 0 Å². The van der Waals surface area contributed by atoms with E-state index in [0.717, 1.165) is 23.6 Å². The van der Waals surface area contributed by atoms with E-state index in [1.54, 1.807) is 0 Å². The molecule has 0 aliphatic heterocycles. The highest BCUT2D eigenvalue weighted by Crippen LogP contribution is 2.10. The van der Waals surface area contributed by atoms with Gasteiger partial charge in [-0.15, -0.1) is 0 Å². The Morgan fingerprint density at radius 2 is 2.18 bits per heavy atom. The summed E-state index contributed by atoms with van der Waals surface area (Å²) < 4.78 is 4.97.